The summed E-state index contributed by atoms with van der Waals surface area (Å²) in [6, 6.07) is 5.62. The van der Waals surface area contributed by atoms with Gasteiger partial charge in [0.2, 0.25) is 5.91 Å². The van der Waals surface area contributed by atoms with Crippen molar-refractivity contribution in [3.63, 3.8) is 0 Å². The molecule has 1 aromatic carbocycles. The number of piperazine rings is 1. The zero-order valence-electron chi connectivity index (χ0n) is 22.8. The number of rotatable bonds is 5. The first-order chi connectivity index (χ1) is 20.7. The van der Waals surface area contributed by atoms with E-state index in [1.165, 1.54) is 24.0 Å². The van der Waals surface area contributed by atoms with E-state index in [9.17, 15) is 41.2 Å². The highest BCUT2D eigenvalue weighted by Gasteiger charge is 2.37. The molecule has 0 radical (unpaired) electrons. The minimum Gasteiger partial charge on any atom is -0.352 e. The number of aromatic nitrogens is 6. The lowest BCUT2D eigenvalue weighted by atomic mass is 10.1. The maximum Gasteiger partial charge on any atom is 0.435 e. The zero-order chi connectivity index (χ0) is 32.0. The first kappa shape index (κ1) is 30.2. The molecule has 4 heterocycles. The molecule has 1 aliphatic rings. The second-order valence-electron chi connectivity index (χ2n) is 9.78. The van der Waals surface area contributed by atoms with Crippen molar-refractivity contribution in [2.24, 2.45) is 0 Å². The number of anilines is 1. The summed E-state index contributed by atoms with van der Waals surface area (Å²) >= 11 is 0. The number of benzene rings is 1. The largest absolute Gasteiger partial charge is 0.435 e. The molecule has 4 aromatic rings. The molecule has 1 atom stereocenters. The fourth-order valence-electron chi connectivity index (χ4n) is 5.03. The van der Waals surface area contributed by atoms with Crippen molar-refractivity contribution in [1.82, 2.24) is 34.4 Å². The molecule has 17 heteroatoms. The molecule has 0 N–H and O–H groups in total. The molecule has 1 fully saturated rings. The Labute approximate surface area is 244 Å². The quantitative estimate of drug-likeness (QED) is 0.245. The molecule has 44 heavy (non-hydrogen) atoms. The molecule has 3 aromatic heterocycles. The third-order valence-corrected chi connectivity index (χ3v) is 7.02. The fraction of sp³-hybridized carbons (Fsp3) is 0.296. The zero-order valence-corrected chi connectivity index (χ0v) is 22.8. The second-order valence-corrected chi connectivity index (χ2v) is 9.78. The number of hydrogen-bond donors (Lipinski definition) is 0. The summed E-state index contributed by atoms with van der Waals surface area (Å²) in [6.45, 7) is 4.92. The lowest BCUT2D eigenvalue weighted by Crippen LogP contribution is -2.55. The lowest BCUT2D eigenvalue weighted by molar-refractivity contribution is -0.141. The van der Waals surface area contributed by atoms with Crippen LogP contribution in [0, 0.1) is 18.3 Å². The third-order valence-electron chi connectivity index (χ3n) is 7.02. The van der Waals surface area contributed by atoms with E-state index in [2.05, 4.69) is 26.7 Å². The predicted octanol–water partition coefficient (Wildman–Crippen LogP) is 3.82. The maximum atomic E-state index is 14.0. The van der Waals surface area contributed by atoms with E-state index in [-0.39, 0.29) is 42.8 Å². The molecule has 11 nitrogen and oxygen atoms in total. The van der Waals surface area contributed by atoms with Gasteiger partial charge in [0.05, 0.1) is 41.4 Å². The van der Waals surface area contributed by atoms with Gasteiger partial charge in [-0.05, 0) is 30.7 Å². The van der Waals surface area contributed by atoms with Gasteiger partial charge in [0, 0.05) is 25.8 Å². The van der Waals surface area contributed by atoms with Crippen molar-refractivity contribution in [3.8, 4) is 17.7 Å². The standard InChI is InChI=1S/C27H21F6N9O2/c1-3-20(43)40-12-11-39(14-16(40)7-9-34)23-17-13-35-42(18-6-4-5-15(2)21(18)27(31,32)33)24(44)22(17)36-25(37-23)41-10-8-19(38-41)26(28,29)30/h3-6,8,10,13,16H,1,7,11-12,14H2,2H3/t16-/m0/s1. The molecule has 0 bridgehead atoms. The van der Waals surface area contributed by atoms with Gasteiger partial charge in [-0.2, -0.15) is 51.5 Å². The highest BCUT2D eigenvalue weighted by atomic mass is 19.4. The van der Waals surface area contributed by atoms with E-state index in [1.54, 1.807) is 4.90 Å². The molecular formula is C27H21F6N9O2. The summed E-state index contributed by atoms with van der Waals surface area (Å²) in [5, 5.41) is 16.8. The summed E-state index contributed by atoms with van der Waals surface area (Å²) in [5.74, 6) is -0.892. The Morgan fingerprint density at radius 2 is 1.89 bits per heavy atom. The van der Waals surface area contributed by atoms with Crippen LogP contribution >= 0.6 is 0 Å². The van der Waals surface area contributed by atoms with Crippen molar-refractivity contribution in [3.05, 3.63) is 76.5 Å². The molecule has 0 unspecified atom stereocenters. The number of alkyl halides is 6. The molecular weight excluding hydrogens is 596 g/mol. The number of amides is 1. The van der Waals surface area contributed by atoms with E-state index < -0.39 is 58.3 Å². The van der Waals surface area contributed by atoms with Crippen LogP contribution in [0.15, 0.2) is 54.1 Å². The first-order valence-corrected chi connectivity index (χ1v) is 12.9. The van der Waals surface area contributed by atoms with Gasteiger partial charge >= 0.3 is 12.4 Å². The van der Waals surface area contributed by atoms with E-state index in [4.69, 9.17) is 0 Å². The Balaban J connectivity index is 1.73. The van der Waals surface area contributed by atoms with Crippen LogP contribution in [0.1, 0.15) is 23.2 Å². The van der Waals surface area contributed by atoms with Gasteiger partial charge < -0.3 is 9.80 Å². The van der Waals surface area contributed by atoms with Gasteiger partial charge in [0.25, 0.3) is 11.5 Å². The predicted molar refractivity (Wildman–Crippen MR) is 143 cm³/mol. The van der Waals surface area contributed by atoms with E-state index in [0.29, 0.717) is 15.4 Å². The molecule has 0 spiro atoms. The fourth-order valence-corrected chi connectivity index (χ4v) is 5.03. The Morgan fingerprint density at radius 1 is 1.14 bits per heavy atom. The molecule has 0 saturated carbocycles. The van der Waals surface area contributed by atoms with E-state index in [0.717, 1.165) is 24.5 Å². The van der Waals surface area contributed by atoms with Gasteiger partial charge in [0.1, 0.15) is 11.3 Å². The summed E-state index contributed by atoms with van der Waals surface area (Å²) in [6.07, 6.45) is -6.63. The molecule has 5 rings (SSSR count). The van der Waals surface area contributed by atoms with Crippen molar-refractivity contribution in [2.45, 2.75) is 31.7 Å². The van der Waals surface area contributed by atoms with Crippen LogP contribution in [0.2, 0.25) is 0 Å². The van der Waals surface area contributed by atoms with Crippen LogP contribution in [-0.2, 0) is 17.1 Å². The Bertz CT molecular complexity index is 1870. The van der Waals surface area contributed by atoms with Crippen LogP contribution in [0.4, 0.5) is 32.2 Å². The van der Waals surface area contributed by atoms with Crippen molar-refractivity contribution in [1.29, 1.82) is 5.26 Å². The summed E-state index contributed by atoms with van der Waals surface area (Å²) in [4.78, 5) is 37.6. The normalized spacial score (nSPS) is 15.8. The molecule has 1 amide bonds. The summed E-state index contributed by atoms with van der Waals surface area (Å²) < 4.78 is 83.2. The van der Waals surface area contributed by atoms with Crippen LogP contribution in [-0.4, -0.2) is 66.0 Å². The van der Waals surface area contributed by atoms with Crippen molar-refractivity contribution in [2.75, 3.05) is 24.5 Å². The number of halogens is 6. The number of carbonyl (C=O) groups is 1. The van der Waals surface area contributed by atoms with Gasteiger partial charge in [-0.1, -0.05) is 18.7 Å². The highest BCUT2D eigenvalue weighted by molar-refractivity contribution is 5.90. The lowest BCUT2D eigenvalue weighted by Gasteiger charge is -2.41. The van der Waals surface area contributed by atoms with Gasteiger partial charge in [0.15, 0.2) is 5.69 Å². The monoisotopic (exact) mass is 617 g/mol. The molecule has 228 valence electrons. The van der Waals surface area contributed by atoms with Crippen molar-refractivity contribution < 1.29 is 31.1 Å². The Kier molecular flexibility index (Phi) is 7.61. The summed E-state index contributed by atoms with van der Waals surface area (Å²) in [7, 11) is 0. The molecule has 0 aliphatic carbocycles. The number of nitriles is 1. The van der Waals surface area contributed by atoms with E-state index >= 15 is 0 Å². The van der Waals surface area contributed by atoms with Crippen LogP contribution in [0.25, 0.3) is 22.5 Å². The average Bonchev–Trinajstić information content (AvgIpc) is 3.47. The number of nitrogens with zero attached hydrogens (tertiary/aromatic N) is 9. The minimum absolute atomic E-state index is 0.000243. The number of aryl methyl sites for hydroxylation is 1. The second kappa shape index (κ2) is 11.1. The maximum absolute atomic E-state index is 14.0. The molecule has 1 aliphatic heterocycles. The van der Waals surface area contributed by atoms with Gasteiger partial charge in [-0.3, -0.25) is 9.59 Å². The average molecular weight is 618 g/mol. The number of hydrogen-bond acceptors (Lipinski definition) is 8. The topological polar surface area (TPSA) is 126 Å². The van der Waals surface area contributed by atoms with Crippen LogP contribution in [0.5, 0.6) is 0 Å². The Morgan fingerprint density at radius 3 is 2.52 bits per heavy atom. The third kappa shape index (κ3) is 5.45. The number of fused-ring (bicyclic) bond motifs is 1. The molecule has 1 saturated heterocycles. The first-order valence-electron chi connectivity index (χ1n) is 12.9. The van der Waals surface area contributed by atoms with E-state index in [1.807, 2.05) is 6.07 Å². The van der Waals surface area contributed by atoms with Crippen LogP contribution < -0.4 is 10.5 Å². The van der Waals surface area contributed by atoms with Crippen LogP contribution in [0.3, 0.4) is 0 Å². The minimum atomic E-state index is -4.85. The Hall–Kier alpha value is -5.27. The van der Waals surface area contributed by atoms with Gasteiger partial charge in [-0.15, -0.1) is 0 Å². The SMILES string of the molecule is C=CC(=O)N1CCN(c2nc(-n3ccc(C(F)(F)F)n3)nc3c(=O)n(-c4cccc(C)c4C(F)(F)F)ncc23)C[C@@H]1CC#N. The van der Waals surface area contributed by atoms with Gasteiger partial charge in [-0.25, -0.2) is 9.67 Å². The highest BCUT2D eigenvalue weighted by Crippen LogP contribution is 2.36. The van der Waals surface area contributed by atoms with Crippen molar-refractivity contribution >= 4 is 22.6 Å². The smallest absolute Gasteiger partial charge is 0.352 e. The number of carbonyl (C=O) groups excluding carboxylic acids is 1. The summed E-state index contributed by atoms with van der Waals surface area (Å²) in [5.41, 5.74) is -4.65.